The number of fused-ring (bicyclic) bond motifs is 1. The number of aryl methyl sites for hydroxylation is 2. The summed E-state index contributed by atoms with van der Waals surface area (Å²) < 4.78 is 32.7. The van der Waals surface area contributed by atoms with Gasteiger partial charge in [-0.2, -0.15) is 0 Å². The first-order valence-electron chi connectivity index (χ1n) is 8.02. The summed E-state index contributed by atoms with van der Waals surface area (Å²) in [5.41, 5.74) is 2.74. The van der Waals surface area contributed by atoms with E-state index < -0.39 is 10.0 Å². The van der Waals surface area contributed by atoms with Crippen LogP contribution in [0.4, 0.5) is 0 Å². The van der Waals surface area contributed by atoms with Crippen molar-refractivity contribution >= 4 is 21.0 Å². The van der Waals surface area contributed by atoms with E-state index in [-0.39, 0.29) is 5.75 Å². The number of para-hydroxylation sites is 1. The molecule has 0 radical (unpaired) electrons. The quantitative estimate of drug-likeness (QED) is 0.664. The van der Waals surface area contributed by atoms with Crippen LogP contribution in [-0.2, 0) is 22.2 Å². The van der Waals surface area contributed by atoms with Crippen molar-refractivity contribution in [1.82, 2.24) is 4.72 Å². The Balaban J connectivity index is 1.50. The van der Waals surface area contributed by atoms with Crippen molar-refractivity contribution in [2.24, 2.45) is 0 Å². The highest BCUT2D eigenvalue weighted by molar-refractivity contribution is 7.88. The minimum Gasteiger partial charge on any atom is -0.461 e. The van der Waals surface area contributed by atoms with Crippen LogP contribution in [0.3, 0.4) is 0 Å². The fourth-order valence-corrected chi connectivity index (χ4v) is 3.90. The van der Waals surface area contributed by atoms with Crippen molar-refractivity contribution in [3.63, 3.8) is 0 Å². The fourth-order valence-electron chi connectivity index (χ4n) is 2.72. The van der Waals surface area contributed by atoms with E-state index in [0.717, 1.165) is 27.9 Å². The van der Waals surface area contributed by atoms with Crippen LogP contribution in [0.25, 0.3) is 11.0 Å². The Bertz CT molecular complexity index is 895. The van der Waals surface area contributed by atoms with Gasteiger partial charge in [-0.3, -0.25) is 0 Å². The summed E-state index contributed by atoms with van der Waals surface area (Å²) in [4.78, 5) is 0. The lowest BCUT2D eigenvalue weighted by Crippen LogP contribution is -2.26. The van der Waals surface area contributed by atoms with E-state index in [1.807, 2.05) is 61.5 Å². The second-order valence-corrected chi connectivity index (χ2v) is 7.80. The number of benzene rings is 2. The molecule has 1 aromatic heterocycles. The SMILES string of the molecule is Cc1cccc(CS(=O)(=O)NCCCc2cc3ccccc3o2)c1. The molecule has 4 nitrogen and oxygen atoms in total. The highest BCUT2D eigenvalue weighted by atomic mass is 32.2. The maximum absolute atomic E-state index is 12.1. The predicted molar refractivity (Wildman–Crippen MR) is 96.3 cm³/mol. The summed E-state index contributed by atoms with van der Waals surface area (Å²) in [7, 11) is -3.31. The van der Waals surface area contributed by atoms with Gasteiger partial charge in [-0.15, -0.1) is 0 Å². The van der Waals surface area contributed by atoms with E-state index in [1.165, 1.54) is 0 Å². The molecule has 5 heteroatoms. The van der Waals surface area contributed by atoms with Crippen LogP contribution in [0.15, 0.2) is 59.0 Å². The average Bonchev–Trinajstić information content (AvgIpc) is 2.94. The third-order valence-corrected chi connectivity index (χ3v) is 5.19. The fraction of sp³-hybridized carbons (Fsp3) is 0.263. The zero-order chi connectivity index (χ0) is 17.0. The summed E-state index contributed by atoms with van der Waals surface area (Å²) in [5.74, 6) is 0.897. The lowest BCUT2D eigenvalue weighted by atomic mass is 10.2. The van der Waals surface area contributed by atoms with Crippen LogP contribution in [0.1, 0.15) is 23.3 Å². The van der Waals surface area contributed by atoms with E-state index in [1.54, 1.807) is 0 Å². The zero-order valence-electron chi connectivity index (χ0n) is 13.7. The number of hydrogen-bond acceptors (Lipinski definition) is 3. The van der Waals surface area contributed by atoms with Crippen LogP contribution >= 0.6 is 0 Å². The third-order valence-electron chi connectivity index (χ3n) is 3.84. The molecular weight excluding hydrogens is 322 g/mol. The first kappa shape index (κ1) is 16.7. The molecule has 0 fully saturated rings. The molecule has 24 heavy (non-hydrogen) atoms. The highest BCUT2D eigenvalue weighted by Gasteiger charge is 2.11. The number of nitrogens with one attached hydrogen (secondary N) is 1. The van der Waals surface area contributed by atoms with E-state index >= 15 is 0 Å². The molecule has 126 valence electrons. The van der Waals surface area contributed by atoms with Crippen LogP contribution < -0.4 is 4.72 Å². The standard InChI is InChI=1S/C19H21NO3S/c1-15-6-4-7-16(12-15)14-24(21,22)20-11-5-9-18-13-17-8-2-3-10-19(17)23-18/h2-4,6-8,10,12-13,20H,5,9,11,14H2,1H3. The molecule has 2 aromatic carbocycles. The Labute approximate surface area is 142 Å². The van der Waals surface area contributed by atoms with Crippen LogP contribution in [-0.4, -0.2) is 15.0 Å². The molecule has 0 saturated heterocycles. The topological polar surface area (TPSA) is 59.3 Å². The van der Waals surface area contributed by atoms with Gasteiger partial charge < -0.3 is 4.42 Å². The summed E-state index contributed by atoms with van der Waals surface area (Å²) >= 11 is 0. The van der Waals surface area contributed by atoms with E-state index in [0.29, 0.717) is 19.4 Å². The molecule has 1 N–H and O–H groups in total. The number of sulfonamides is 1. The Hall–Kier alpha value is -2.11. The van der Waals surface area contributed by atoms with Gasteiger partial charge in [0, 0.05) is 18.4 Å². The molecular formula is C19H21NO3S. The molecule has 3 aromatic rings. The Morgan fingerprint density at radius 2 is 1.88 bits per heavy atom. The highest BCUT2D eigenvalue weighted by Crippen LogP contribution is 2.19. The molecule has 0 aliphatic rings. The first-order chi connectivity index (χ1) is 11.5. The third kappa shape index (κ3) is 4.46. The summed E-state index contributed by atoms with van der Waals surface area (Å²) in [6, 6.07) is 17.4. The molecule has 0 spiro atoms. The van der Waals surface area contributed by atoms with Crippen molar-refractivity contribution in [1.29, 1.82) is 0 Å². The summed E-state index contributed by atoms with van der Waals surface area (Å²) in [5, 5.41) is 1.08. The molecule has 0 saturated carbocycles. The van der Waals surface area contributed by atoms with Crippen molar-refractivity contribution in [2.45, 2.75) is 25.5 Å². The smallest absolute Gasteiger partial charge is 0.215 e. The molecule has 0 unspecified atom stereocenters. The molecule has 0 aliphatic heterocycles. The van der Waals surface area contributed by atoms with Gasteiger partial charge in [0.1, 0.15) is 11.3 Å². The van der Waals surface area contributed by atoms with Gasteiger partial charge in [0.25, 0.3) is 0 Å². The largest absolute Gasteiger partial charge is 0.461 e. The number of rotatable bonds is 7. The maximum Gasteiger partial charge on any atom is 0.215 e. The molecule has 0 aliphatic carbocycles. The van der Waals surface area contributed by atoms with Crippen molar-refractivity contribution < 1.29 is 12.8 Å². The van der Waals surface area contributed by atoms with Gasteiger partial charge >= 0.3 is 0 Å². The molecule has 0 bridgehead atoms. The normalized spacial score (nSPS) is 11.9. The van der Waals surface area contributed by atoms with Crippen molar-refractivity contribution in [3.05, 3.63) is 71.5 Å². The maximum atomic E-state index is 12.1. The monoisotopic (exact) mass is 343 g/mol. The van der Waals surface area contributed by atoms with Gasteiger partial charge in [0.15, 0.2) is 0 Å². The van der Waals surface area contributed by atoms with Gasteiger partial charge in [-0.05, 0) is 31.0 Å². The van der Waals surface area contributed by atoms with Gasteiger partial charge in [0.2, 0.25) is 10.0 Å². The van der Waals surface area contributed by atoms with Crippen LogP contribution in [0, 0.1) is 6.92 Å². The molecule has 0 amide bonds. The molecule has 3 rings (SSSR count). The summed E-state index contributed by atoms with van der Waals surface area (Å²) in [6.07, 6.45) is 1.41. The lowest BCUT2D eigenvalue weighted by Gasteiger charge is -2.07. The Morgan fingerprint density at radius 3 is 2.67 bits per heavy atom. The minimum atomic E-state index is -3.31. The first-order valence-corrected chi connectivity index (χ1v) is 9.67. The van der Waals surface area contributed by atoms with E-state index in [9.17, 15) is 8.42 Å². The van der Waals surface area contributed by atoms with Crippen LogP contribution in [0.2, 0.25) is 0 Å². The van der Waals surface area contributed by atoms with Crippen molar-refractivity contribution in [2.75, 3.05) is 6.54 Å². The van der Waals surface area contributed by atoms with Gasteiger partial charge in [-0.25, -0.2) is 13.1 Å². The number of furan rings is 1. The average molecular weight is 343 g/mol. The molecule has 0 atom stereocenters. The second kappa shape index (κ2) is 7.20. The second-order valence-electron chi connectivity index (χ2n) is 6.00. The van der Waals surface area contributed by atoms with Crippen molar-refractivity contribution in [3.8, 4) is 0 Å². The minimum absolute atomic E-state index is 0.0132. The van der Waals surface area contributed by atoms with E-state index in [2.05, 4.69) is 4.72 Å². The van der Waals surface area contributed by atoms with E-state index in [4.69, 9.17) is 4.42 Å². The summed E-state index contributed by atoms with van der Waals surface area (Å²) in [6.45, 7) is 2.36. The lowest BCUT2D eigenvalue weighted by molar-refractivity contribution is 0.533. The number of hydrogen-bond donors (Lipinski definition) is 1. The molecule has 1 heterocycles. The zero-order valence-corrected chi connectivity index (χ0v) is 14.5. The Kier molecular flexibility index (Phi) is 5.02. The Morgan fingerprint density at radius 1 is 1.04 bits per heavy atom. The van der Waals surface area contributed by atoms with Gasteiger partial charge in [-0.1, -0.05) is 48.0 Å². The predicted octanol–water partition coefficient (Wildman–Crippen LogP) is 3.79. The van der Waals surface area contributed by atoms with Crippen LogP contribution in [0.5, 0.6) is 0 Å². The van der Waals surface area contributed by atoms with Gasteiger partial charge in [0.05, 0.1) is 5.75 Å².